The van der Waals surface area contributed by atoms with Gasteiger partial charge in [0.2, 0.25) is 0 Å². The van der Waals surface area contributed by atoms with Crippen molar-refractivity contribution in [3.8, 4) is 0 Å². The van der Waals surface area contributed by atoms with Gasteiger partial charge in [0.15, 0.2) is 16.7 Å². The first-order chi connectivity index (χ1) is 9.06. The Balaban J connectivity index is 2.69. The summed E-state index contributed by atoms with van der Waals surface area (Å²) < 4.78 is 60.4. The monoisotopic (exact) mass is 315 g/mol. The van der Waals surface area contributed by atoms with E-state index >= 15 is 0 Å². The number of ether oxygens (including phenoxy) is 1. The van der Waals surface area contributed by atoms with E-state index in [4.69, 9.17) is 5.11 Å². The maximum absolute atomic E-state index is 12.8. The summed E-state index contributed by atoms with van der Waals surface area (Å²) in [5.74, 6) is -4.62. The van der Waals surface area contributed by atoms with Gasteiger partial charge < -0.3 is 14.4 Å². The van der Waals surface area contributed by atoms with E-state index in [1.165, 1.54) is 0 Å². The molecule has 0 spiro atoms. The van der Waals surface area contributed by atoms with Gasteiger partial charge >= 0.3 is 17.2 Å². The molecule has 1 N–H and O–H groups in total. The third-order valence-electron chi connectivity index (χ3n) is 3.13. The van der Waals surface area contributed by atoms with Gasteiger partial charge in [0.25, 0.3) is 0 Å². The normalized spacial score (nSPS) is 24.1. The molecule has 0 aromatic carbocycles. The van der Waals surface area contributed by atoms with Crippen LogP contribution in [0.4, 0.5) is 8.78 Å². The number of carbonyl (C=O) groups is 2. The molecule has 0 aliphatic heterocycles. The predicted molar refractivity (Wildman–Crippen MR) is 58.7 cm³/mol. The van der Waals surface area contributed by atoms with Crippen molar-refractivity contribution in [1.29, 1.82) is 0 Å². The minimum Gasteiger partial charge on any atom is -0.743 e. The van der Waals surface area contributed by atoms with Gasteiger partial charge in [0.1, 0.15) is 0 Å². The molecular weight excluding hydrogens is 302 g/mol. The number of hydrogen-bond donors (Lipinski definition) is 1. The summed E-state index contributed by atoms with van der Waals surface area (Å²) in [5.41, 5.74) is 0. The third kappa shape index (κ3) is 3.85. The minimum atomic E-state index is -5.94. The molecule has 1 rings (SSSR count). The summed E-state index contributed by atoms with van der Waals surface area (Å²) in [6.45, 7) is -1.90. The van der Waals surface area contributed by atoms with Crippen molar-refractivity contribution in [3.05, 3.63) is 0 Å². The number of carboxylic acids is 1. The lowest BCUT2D eigenvalue weighted by atomic mass is 9.79. The molecule has 1 saturated carbocycles. The first kappa shape index (κ1) is 16.8. The van der Waals surface area contributed by atoms with Gasteiger partial charge in [0, 0.05) is 0 Å². The van der Waals surface area contributed by atoms with Crippen LogP contribution in [0, 0.1) is 11.8 Å². The fraction of sp³-hybridized carbons (Fsp3) is 0.800. The maximum Gasteiger partial charge on any atom is 0.367 e. The van der Waals surface area contributed by atoms with Crippen LogP contribution in [0.25, 0.3) is 0 Å². The Morgan fingerprint density at radius 3 is 2.20 bits per heavy atom. The Labute approximate surface area is 113 Å². The van der Waals surface area contributed by atoms with Gasteiger partial charge in [-0.25, -0.2) is 8.42 Å². The van der Waals surface area contributed by atoms with Gasteiger partial charge in [-0.15, -0.1) is 0 Å². The van der Waals surface area contributed by atoms with Crippen LogP contribution in [0.2, 0.25) is 0 Å². The number of aliphatic carboxylic acids is 1. The van der Waals surface area contributed by atoms with E-state index in [2.05, 4.69) is 4.74 Å². The summed E-state index contributed by atoms with van der Waals surface area (Å²) >= 11 is 0. The van der Waals surface area contributed by atoms with Crippen LogP contribution in [0.15, 0.2) is 0 Å². The predicted octanol–water partition coefficient (Wildman–Crippen LogP) is 0.559. The number of halogens is 2. The molecule has 0 amide bonds. The van der Waals surface area contributed by atoms with Crippen LogP contribution < -0.4 is 0 Å². The summed E-state index contributed by atoms with van der Waals surface area (Å²) in [6, 6.07) is 0. The Hall–Kier alpha value is -1.29. The first-order valence-corrected chi connectivity index (χ1v) is 7.20. The fourth-order valence-electron chi connectivity index (χ4n) is 2.04. The number of carboxylic acid groups (broad SMARTS) is 1. The smallest absolute Gasteiger partial charge is 0.367 e. The number of esters is 1. The van der Waals surface area contributed by atoms with E-state index in [1.54, 1.807) is 0 Å². The molecule has 0 aromatic heterocycles. The van der Waals surface area contributed by atoms with Crippen LogP contribution >= 0.6 is 0 Å². The lowest BCUT2D eigenvalue weighted by Crippen LogP contribution is -2.38. The van der Waals surface area contributed by atoms with Crippen molar-refractivity contribution >= 4 is 22.1 Å². The van der Waals surface area contributed by atoms with Crippen LogP contribution in [0.1, 0.15) is 25.7 Å². The molecule has 0 radical (unpaired) electrons. The standard InChI is InChI=1S/C10H14F2O7S/c11-10(12,20(16,17)18)5-19-9(15)7-4-2-1-3-6(7)8(13)14/h6-7H,1-5H2,(H,13,14)(H,16,17,18)/p-1. The Kier molecular flexibility index (Phi) is 5.03. The average molecular weight is 315 g/mol. The number of carbonyl (C=O) groups excluding carboxylic acids is 1. The highest BCUT2D eigenvalue weighted by Gasteiger charge is 2.42. The molecule has 1 aliphatic rings. The number of rotatable bonds is 5. The first-order valence-electron chi connectivity index (χ1n) is 5.79. The van der Waals surface area contributed by atoms with Crippen LogP contribution in [-0.2, 0) is 24.4 Å². The molecule has 1 fully saturated rings. The lowest BCUT2D eigenvalue weighted by molar-refractivity contribution is -0.163. The molecule has 0 bridgehead atoms. The Bertz CT molecular complexity index is 488. The number of alkyl halides is 2. The van der Waals surface area contributed by atoms with E-state index in [-0.39, 0.29) is 12.8 Å². The molecular formula is C10H13F2O7S-. The Morgan fingerprint density at radius 1 is 1.25 bits per heavy atom. The van der Waals surface area contributed by atoms with E-state index in [1.807, 2.05) is 0 Å². The lowest BCUT2D eigenvalue weighted by Gasteiger charge is -2.27. The highest BCUT2D eigenvalue weighted by atomic mass is 32.2. The van der Waals surface area contributed by atoms with E-state index < -0.39 is 45.8 Å². The van der Waals surface area contributed by atoms with E-state index in [0.29, 0.717) is 12.8 Å². The molecule has 20 heavy (non-hydrogen) atoms. The second-order valence-corrected chi connectivity index (χ2v) is 6.04. The molecule has 116 valence electrons. The van der Waals surface area contributed by atoms with Gasteiger partial charge in [-0.05, 0) is 12.8 Å². The minimum absolute atomic E-state index is 0.158. The van der Waals surface area contributed by atoms with E-state index in [0.717, 1.165) is 0 Å². The zero-order chi connectivity index (χ0) is 15.6. The van der Waals surface area contributed by atoms with Crippen LogP contribution in [0.3, 0.4) is 0 Å². The zero-order valence-corrected chi connectivity index (χ0v) is 11.1. The third-order valence-corrected chi connectivity index (χ3v) is 3.98. The van der Waals surface area contributed by atoms with Crippen molar-refractivity contribution < 1.29 is 41.2 Å². The second-order valence-electron chi connectivity index (χ2n) is 4.53. The Morgan fingerprint density at radius 2 is 1.75 bits per heavy atom. The van der Waals surface area contributed by atoms with Crippen molar-refractivity contribution in [2.75, 3.05) is 6.61 Å². The molecule has 1 aliphatic carbocycles. The largest absolute Gasteiger partial charge is 0.743 e. The quantitative estimate of drug-likeness (QED) is 0.581. The average Bonchev–Trinajstić information content (AvgIpc) is 2.34. The molecule has 7 nitrogen and oxygen atoms in total. The zero-order valence-electron chi connectivity index (χ0n) is 10.3. The van der Waals surface area contributed by atoms with Gasteiger partial charge in [-0.1, -0.05) is 12.8 Å². The van der Waals surface area contributed by atoms with Gasteiger partial charge in [0.05, 0.1) is 11.8 Å². The van der Waals surface area contributed by atoms with Gasteiger partial charge in [-0.3, -0.25) is 9.59 Å². The summed E-state index contributed by atoms with van der Waals surface area (Å²) in [5, 5.41) is 4.19. The molecule has 10 heteroatoms. The summed E-state index contributed by atoms with van der Waals surface area (Å²) in [6.07, 6.45) is 1.50. The van der Waals surface area contributed by atoms with Crippen LogP contribution in [-0.4, -0.2) is 41.9 Å². The van der Waals surface area contributed by atoms with Crippen molar-refractivity contribution in [2.24, 2.45) is 11.8 Å². The van der Waals surface area contributed by atoms with Crippen molar-refractivity contribution in [2.45, 2.75) is 30.9 Å². The molecule has 0 aromatic rings. The van der Waals surface area contributed by atoms with Crippen molar-refractivity contribution in [1.82, 2.24) is 0 Å². The van der Waals surface area contributed by atoms with Crippen LogP contribution in [0.5, 0.6) is 0 Å². The highest BCUT2D eigenvalue weighted by molar-refractivity contribution is 7.86. The summed E-state index contributed by atoms with van der Waals surface area (Å²) in [4.78, 5) is 22.5. The molecule has 0 saturated heterocycles. The SMILES string of the molecule is O=C(O)C1CCCCC1C(=O)OCC(F)(F)S(=O)(=O)[O-]. The van der Waals surface area contributed by atoms with E-state index in [9.17, 15) is 31.3 Å². The second kappa shape index (κ2) is 6.00. The highest BCUT2D eigenvalue weighted by Crippen LogP contribution is 2.32. The number of hydrogen-bond acceptors (Lipinski definition) is 6. The topological polar surface area (TPSA) is 121 Å². The van der Waals surface area contributed by atoms with Gasteiger partial charge in [-0.2, -0.15) is 8.78 Å². The summed E-state index contributed by atoms with van der Waals surface area (Å²) in [7, 11) is -5.94. The molecule has 2 unspecified atom stereocenters. The fourth-order valence-corrected chi connectivity index (χ4v) is 2.25. The van der Waals surface area contributed by atoms with Crippen molar-refractivity contribution in [3.63, 3.8) is 0 Å². The molecule has 0 heterocycles. The maximum atomic E-state index is 12.8. The molecule has 2 atom stereocenters.